The van der Waals surface area contributed by atoms with Crippen molar-refractivity contribution in [1.82, 2.24) is 10.6 Å². The number of rotatable bonds is 5. The van der Waals surface area contributed by atoms with Gasteiger partial charge in [-0.05, 0) is 45.2 Å². The SMILES string of the molecule is COc1ccc(C)cc1C1(CNC(=O)C2CCCN2)CCOCC1. The van der Waals surface area contributed by atoms with E-state index in [1.54, 1.807) is 7.11 Å². The highest BCUT2D eigenvalue weighted by Gasteiger charge is 2.38. The first kappa shape index (κ1) is 17.2. The van der Waals surface area contributed by atoms with Crippen LogP contribution in [0.5, 0.6) is 5.75 Å². The van der Waals surface area contributed by atoms with Gasteiger partial charge in [-0.15, -0.1) is 0 Å². The van der Waals surface area contributed by atoms with Gasteiger partial charge in [-0.25, -0.2) is 0 Å². The average molecular weight is 332 g/mol. The Hall–Kier alpha value is -1.59. The predicted octanol–water partition coefficient (Wildman–Crippen LogP) is 1.92. The molecule has 0 aromatic heterocycles. The topological polar surface area (TPSA) is 59.6 Å². The monoisotopic (exact) mass is 332 g/mol. The number of nitrogens with one attached hydrogen (secondary N) is 2. The number of amides is 1. The van der Waals surface area contributed by atoms with E-state index in [1.165, 1.54) is 11.1 Å². The highest BCUT2D eigenvalue weighted by atomic mass is 16.5. The van der Waals surface area contributed by atoms with Crippen LogP contribution in [-0.2, 0) is 14.9 Å². The molecule has 2 aliphatic heterocycles. The van der Waals surface area contributed by atoms with Crippen LogP contribution < -0.4 is 15.4 Å². The lowest BCUT2D eigenvalue weighted by atomic mass is 9.73. The zero-order valence-electron chi connectivity index (χ0n) is 14.7. The summed E-state index contributed by atoms with van der Waals surface area (Å²) < 4.78 is 11.2. The van der Waals surface area contributed by atoms with E-state index < -0.39 is 0 Å². The van der Waals surface area contributed by atoms with E-state index in [9.17, 15) is 4.79 Å². The molecule has 132 valence electrons. The van der Waals surface area contributed by atoms with E-state index in [0.717, 1.165) is 38.0 Å². The molecule has 0 spiro atoms. The second kappa shape index (κ2) is 7.53. The molecule has 5 heteroatoms. The van der Waals surface area contributed by atoms with Gasteiger partial charge in [0.05, 0.1) is 13.2 Å². The largest absolute Gasteiger partial charge is 0.496 e. The third-order valence-corrected chi connectivity index (χ3v) is 5.35. The molecule has 0 saturated carbocycles. The van der Waals surface area contributed by atoms with E-state index >= 15 is 0 Å². The van der Waals surface area contributed by atoms with Gasteiger partial charge in [-0.1, -0.05) is 17.7 Å². The molecule has 1 aromatic rings. The van der Waals surface area contributed by atoms with Crippen LogP contribution in [0.15, 0.2) is 18.2 Å². The fourth-order valence-corrected chi connectivity index (χ4v) is 3.83. The second-order valence-corrected chi connectivity index (χ2v) is 6.96. The van der Waals surface area contributed by atoms with Crippen molar-refractivity contribution in [3.05, 3.63) is 29.3 Å². The van der Waals surface area contributed by atoms with Crippen LogP contribution in [0.2, 0.25) is 0 Å². The lowest BCUT2D eigenvalue weighted by molar-refractivity contribution is -0.123. The van der Waals surface area contributed by atoms with Crippen molar-refractivity contribution in [3.63, 3.8) is 0 Å². The maximum atomic E-state index is 12.4. The first-order chi connectivity index (χ1) is 11.6. The van der Waals surface area contributed by atoms with Gasteiger partial charge < -0.3 is 20.1 Å². The second-order valence-electron chi connectivity index (χ2n) is 6.96. The molecular weight excluding hydrogens is 304 g/mol. The van der Waals surface area contributed by atoms with Gasteiger partial charge in [0, 0.05) is 30.7 Å². The van der Waals surface area contributed by atoms with E-state index in [-0.39, 0.29) is 17.4 Å². The molecule has 0 bridgehead atoms. The first-order valence-corrected chi connectivity index (χ1v) is 8.89. The van der Waals surface area contributed by atoms with Crippen molar-refractivity contribution in [1.29, 1.82) is 0 Å². The van der Waals surface area contributed by atoms with E-state index in [0.29, 0.717) is 19.8 Å². The minimum atomic E-state index is -0.121. The molecule has 24 heavy (non-hydrogen) atoms. The Balaban J connectivity index is 1.82. The van der Waals surface area contributed by atoms with Gasteiger partial charge in [-0.2, -0.15) is 0 Å². The molecule has 3 rings (SSSR count). The summed E-state index contributed by atoms with van der Waals surface area (Å²) in [4.78, 5) is 12.4. The molecule has 2 heterocycles. The van der Waals surface area contributed by atoms with Crippen molar-refractivity contribution in [2.75, 3.05) is 33.4 Å². The van der Waals surface area contributed by atoms with Crippen molar-refractivity contribution >= 4 is 5.91 Å². The zero-order valence-corrected chi connectivity index (χ0v) is 14.7. The molecule has 2 aliphatic rings. The molecule has 2 saturated heterocycles. The Labute approximate surface area is 144 Å². The van der Waals surface area contributed by atoms with Crippen LogP contribution in [0.3, 0.4) is 0 Å². The summed E-state index contributed by atoms with van der Waals surface area (Å²) in [6, 6.07) is 6.25. The molecule has 2 N–H and O–H groups in total. The van der Waals surface area contributed by atoms with Crippen molar-refractivity contribution < 1.29 is 14.3 Å². The standard InChI is InChI=1S/C19H28N2O3/c1-14-5-6-17(23-2)15(12-14)19(7-10-24-11-8-19)13-21-18(22)16-4-3-9-20-16/h5-6,12,16,20H,3-4,7-11,13H2,1-2H3,(H,21,22). The molecule has 0 aliphatic carbocycles. The lowest BCUT2D eigenvalue weighted by Crippen LogP contribution is -2.49. The number of benzene rings is 1. The lowest BCUT2D eigenvalue weighted by Gasteiger charge is -2.39. The summed E-state index contributed by atoms with van der Waals surface area (Å²) in [6.45, 7) is 5.09. The fourth-order valence-electron chi connectivity index (χ4n) is 3.83. The van der Waals surface area contributed by atoms with Gasteiger partial charge in [0.25, 0.3) is 0 Å². The molecule has 0 radical (unpaired) electrons. The summed E-state index contributed by atoms with van der Waals surface area (Å²) in [5.41, 5.74) is 2.28. The Kier molecular flexibility index (Phi) is 5.41. The maximum absolute atomic E-state index is 12.4. The molecular formula is C19H28N2O3. The van der Waals surface area contributed by atoms with Gasteiger partial charge in [0.15, 0.2) is 0 Å². The molecule has 1 atom stereocenters. The van der Waals surface area contributed by atoms with E-state index in [1.807, 2.05) is 6.07 Å². The van der Waals surface area contributed by atoms with Gasteiger partial charge >= 0.3 is 0 Å². The summed E-state index contributed by atoms with van der Waals surface area (Å²) in [5.74, 6) is 1.01. The van der Waals surface area contributed by atoms with E-state index in [4.69, 9.17) is 9.47 Å². The van der Waals surface area contributed by atoms with Crippen molar-refractivity contribution in [3.8, 4) is 5.75 Å². The summed E-state index contributed by atoms with van der Waals surface area (Å²) in [5, 5.41) is 6.46. The highest BCUT2D eigenvalue weighted by Crippen LogP contribution is 2.40. The maximum Gasteiger partial charge on any atom is 0.237 e. The number of carbonyl (C=O) groups excluding carboxylic acids is 1. The predicted molar refractivity (Wildman–Crippen MR) is 93.5 cm³/mol. The average Bonchev–Trinajstić information content (AvgIpc) is 3.15. The normalized spacial score (nSPS) is 23.0. The zero-order chi connectivity index (χ0) is 17.0. The minimum absolute atomic E-state index is 0.0405. The smallest absolute Gasteiger partial charge is 0.237 e. The van der Waals surface area contributed by atoms with E-state index in [2.05, 4.69) is 29.7 Å². The minimum Gasteiger partial charge on any atom is -0.496 e. The molecule has 1 amide bonds. The van der Waals surface area contributed by atoms with Crippen LogP contribution in [0.25, 0.3) is 0 Å². The van der Waals surface area contributed by atoms with Crippen molar-refractivity contribution in [2.24, 2.45) is 0 Å². The fraction of sp³-hybridized carbons (Fsp3) is 0.632. The van der Waals surface area contributed by atoms with Gasteiger partial charge in [-0.3, -0.25) is 4.79 Å². The third-order valence-electron chi connectivity index (χ3n) is 5.35. The molecule has 1 aromatic carbocycles. The van der Waals surface area contributed by atoms with Gasteiger partial charge in [0.2, 0.25) is 5.91 Å². The van der Waals surface area contributed by atoms with Crippen LogP contribution in [-0.4, -0.2) is 45.4 Å². The molecule has 5 nitrogen and oxygen atoms in total. The number of aryl methyl sites for hydroxylation is 1. The number of hydrogen-bond donors (Lipinski definition) is 2. The summed E-state index contributed by atoms with van der Waals surface area (Å²) >= 11 is 0. The molecule has 1 unspecified atom stereocenters. The van der Waals surface area contributed by atoms with Crippen LogP contribution in [0.1, 0.15) is 36.8 Å². The number of carbonyl (C=O) groups is 1. The summed E-state index contributed by atoms with van der Waals surface area (Å²) in [6.07, 6.45) is 3.79. The van der Waals surface area contributed by atoms with Crippen LogP contribution in [0.4, 0.5) is 0 Å². The highest BCUT2D eigenvalue weighted by molar-refractivity contribution is 5.82. The quantitative estimate of drug-likeness (QED) is 0.865. The van der Waals surface area contributed by atoms with Crippen molar-refractivity contribution in [2.45, 2.75) is 44.1 Å². The van der Waals surface area contributed by atoms with Crippen LogP contribution in [0, 0.1) is 6.92 Å². The first-order valence-electron chi connectivity index (χ1n) is 8.89. The number of methoxy groups -OCH3 is 1. The Morgan fingerprint density at radius 2 is 2.21 bits per heavy atom. The summed E-state index contributed by atoms with van der Waals surface area (Å²) in [7, 11) is 1.71. The Morgan fingerprint density at radius 3 is 2.88 bits per heavy atom. The third kappa shape index (κ3) is 3.57. The number of hydrogen-bond acceptors (Lipinski definition) is 4. The molecule has 2 fully saturated rings. The Bertz CT molecular complexity index is 576. The number of ether oxygens (including phenoxy) is 2. The Morgan fingerprint density at radius 1 is 1.42 bits per heavy atom. The van der Waals surface area contributed by atoms with Gasteiger partial charge in [0.1, 0.15) is 5.75 Å². The van der Waals surface area contributed by atoms with Crippen LogP contribution >= 0.6 is 0 Å².